The minimum absolute atomic E-state index is 0.212. The number of nitrogens with zero attached hydrogens (tertiary/aromatic N) is 2. The molecule has 4 aromatic rings. The van der Waals surface area contributed by atoms with Crippen LogP contribution in [-0.4, -0.2) is 17.3 Å². The summed E-state index contributed by atoms with van der Waals surface area (Å²) in [5, 5.41) is 9.14. The van der Waals surface area contributed by atoms with Gasteiger partial charge in [0, 0.05) is 16.7 Å². The Morgan fingerprint density at radius 2 is 1.93 bits per heavy atom. The van der Waals surface area contributed by atoms with Gasteiger partial charge in [0.15, 0.2) is 0 Å². The van der Waals surface area contributed by atoms with Crippen LogP contribution in [0, 0.1) is 0 Å². The van der Waals surface area contributed by atoms with Gasteiger partial charge in [0.2, 0.25) is 5.89 Å². The molecule has 2 aromatic carbocycles. The third kappa shape index (κ3) is 3.70. The van der Waals surface area contributed by atoms with E-state index in [4.69, 9.17) is 13.6 Å². The van der Waals surface area contributed by atoms with Crippen molar-refractivity contribution in [3.05, 3.63) is 59.9 Å². The average Bonchev–Trinajstić information content (AvgIpc) is 3.34. The fraction of sp³-hybridized carbons (Fsp3) is 0.158. The Hall–Kier alpha value is -2.94. The zero-order valence-electron chi connectivity index (χ0n) is 14.5. The SMILES string of the molecule is COc1ccc(CSc2nnc(-c3ccc4occc4c3)o2)cc1C(F)(F)F. The molecule has 0 radical (unpaired) electrons. The number of furan rings is 1. The van der Waals surface area contributed by atoms with Crippen molar-refractivity contribution in [1.29, 1.82) is 0 Å². The summed E-state index contributed by atoms with van der Waals surface area (Å²) in [4.78, 5) is 0. The number of methoxy groups -OCH3 is 1. The molecule has 0 amide bonds. The van der Waals surface area contributed by atoms with Crippen molar-refractivity contribution in [2.24, 2.45) is 0 Å². The van der Waals surface area contributed by atoms with E-state index in [1.165, 1.54) is 13.2 Å². The van der Waals surface area contributed by atoms with Gasteiger partial charge in [-0.1, -0.05) is 17.8 Å². The standard InChI is InChI=1S/C19H13F3N2O3S/c1-25-16-4-2-11(8-14(16)19(20,21)22)10-28-18-24-23-17(27-18)13-3-5-15-12(9-13)6-7-26-15/h2-9H,10H2,1H3. The van der Waals surface area contributed by atoms with Gasteiger partial charge >= 0.3 is 6.18 Å². The van der Waals surface area contributed by atoms with Crippen molar-refractivity contribution >= 4 is 22.7 Å². The van der Waals surface area contributed by atoms with Crippen LogP contribution in [0.1, 0.15) is 11.1 Å². The summed E-state index contributed by atoms with van der Waals surface area (Å²) in [5.41, 5.74) is 1.14. The lowest BCUT2D eigenvalue weighted by Crippen LogP contribution is -2.08. The predicted octanol–water partition coefficient (Wildman–Crippen LogP) is 5.80. The molecule has 0 saturated carbocycles. The number of rotatable bonds is 5. The van der Waals surface area contributed by atoms with Gasteiger partial charge in [-0.05, 0) is 42.0 Å². The molecule has 0 aliphatic rings. The van der Waals surface area contributed by atoms with Crippen LogP contribution in [-0.2, 0) is 11.9 Å². The van der Waals surface area contributed by atoms with Crippen LogP contribution in [0.4, 0.5) is 13.2 Å². The maximum atomic E-state index is 13.1. The number of thioether (sulfide) groups is 1. The van der Waals surface area contributed by atoms with E-state index in [2.05, 4.69) is 10.2 Å². The van der Waals surface area contributed by atoms with Crippen LogP contribution >= 0.6 is 11.8 Å². The first-order valence-electron chi connectivity index (χ1n) is 8.12. The van der Waals surface area contributed by atoms with E-state index in [1.807, 2.05) is 12.1 Å². The molecule has 0 aliphatic heterocycles. The van der Waals surface area contributed by atoms with Crippen molar-refractivity contribution in [2.75, 3.05) is 7.11 Å². The smallest absolute Gasteiger partial charge is 0.419 e. The fourth-order valence-corrected chi connectivity index (χ4v) is 3.40. The number of ether oxygens (including phenoxy) is 1. The van der Waals surface area contributed by atoms with E-state index in [-0.39, 0.29) is 16.7 Å². The third-order valence-electron chi connectivity index (χ3n) is 4.04. The van der Waals surface area contributed by atoms with Crippen molar-refractivity contribution < 1.29 is 26.7 Å². The molecule has 2 aromatic heterocycles. The number of halogens is 3. The Labute approximate surface area is 161 Å². The van der Waals surface area contributed by atoms with Gasteiger partial charge < -0.3 is 13.6 Å². The highest BCUT2D eigenvalue weighted by atomic mass is 32.2. The van der Waals surface area contributed by atoms with Gasteiger partial charge in [-0.3, -0.25) is 0 Å². The van der Waals surface area contributed by atoms with E-state index in [9.17, 15) is 13.2 Å². The molecular formula is C19H13F3N2O3S. The van der Waals surface area contributed by atoms with Crippen molar-refractivity contribution in [3.8, 4) is 17.2 Å². The summed E-state index contributed by atoms with van der Waals surface area (Å²) in [6.45, 7) is 0. The number of alkyl halides is 3. The first-order chi connectivity index (χ1) is 13.4. The minimum atomic E-state index is -4.49. The molecule has 4 rings (SSSR count). The van der Waals surface area contributed by atoms with Crippen molar-refractivity contribution in [1.82, 2.24) is 10.2 Å². The van der Waals surface area contributed by atoms with Crippen LogP contribution in [0.3, 0.4) is 0 Å². The lowest BCUT2D eigenvalue weighted by atomic mass is 10.1. The van der Waals surface area contributed by atoms with E-state index >= 15 is 0 Å². The van der Waals surface area contributed by atoms with E-state index in [0.29, 0.717) is 11.5 Å². The molecule has 0 bridgehead atoms. The normalized spacial score (nSPS) is 11.9. The summed E-state index contributed by atoms with van der Waals surface area (Å²) in [6, 6.07) is 11.2. The van der Waals surface area contributed by atoms with Gasteiger partial charge in [0.05, 0.1) is 18.9 Å². The summed E-state index contributed by atoms with van der Waals surface area (Å²) >= 11 is 1.16. The molecule has 0 fully saturated rings. The Balaban J connectivity index is 1.50. The number of benzene rings is 2. The van der Waals surface area contributed by atoms with Gasteiger partial charge in [0.25, 0.3) is 5.22 Å². The van der Waals surface area contributed by atoms with Crippen LogP contribution in [0.5, 0.6) is 5.75 Å². The zero-order chi connectivity index (χ0) is 19.7. The van der Waals surface area contributed by atoms with E-state index in [0.717, 1.165) is 34.4 Å². The maximum absolute atomic E-state index is 13.1. The monoisotopic (exact) mass is 406 g/mol. The lowest BCUT2D eigenvalue weighted by Gasteiger charge is -2.13. The molecule has 0 spiro atoms. The molecule has 0 aliphatic carbocycles. The lowest BCUT2D eigenvalue weighted by molar-refractivity contribution is -0.138. The summed E-state index contributed by atoms with van der Waals surface area (Å²) in [7, 11) is 1.21. The highest BCUT2D eigenvalue weighted by Gasteiger charge is 2.34. The van der Waals surface area contributed by atoms with Crippen LogP contribution in [0.15, 0.2) is 62.8 Å². The summed E-state index contributed by atoms with van der Waals surface area (Å²) < 4.78 is 55.1. The Bertz CT molecular complexity index is 1120. The molecule has 28 heavy (non-hydrogen) atoms. The number of fused-ring (bicyclic) bond motifs is 1. The van der Waals surface area contributed by atoms with Gasteiger partial charge in [-0.15, -0.1) is 10.2 Å². The van der Waals surface area contributed by atoms with E-state index in [1.54, 1.807) is 24.5 Å². The first-order valence-corrected chi connectivity index (χ1v) is 9.10. The third-order valence-corrected chi connectivity index (χ3v) is 4.93. The largest absolute Gasteiger partial charge is 0.496 e. The quantitative estimate of drug-likeness (QED) is 0.390. The number of hydrogen-bond donors (Lipinski definition) is 0. The second-order valence-electron chi connectivity index (χ2n) is 5.87. The summed E-state index contributed by atoms with van der Waals surface area (Å²) in [5.74, 6) is 0.363. The van der Waals surface area contributed by atoms with E-state index < -0.39 is 11.7 Å². The Kier molecular flexibility index (Phi) is 4.76. The fourth-order valence-electron chi connectivity index (χ4n) is 2.70. The molecule has 144 valence electrons. The molecule has 2 heterocycles. The number of aromatic nitrogens is 2. The predicted molar refractivity (Wildman–Crippen MR) is 97.1 cm³/mol. The molecule has 9 heteroatoms. The van der Waals surface area contributed by atoms with Crippen LogP contribution in [0.2, 0.25) is 0 Å². The second-order valence-corrected chi connectivity index (χ2v) is 6.79. The topological polar surface area (TPSA) is 61.3 Å². The van der Waals surface area contributed by atoms with Crippen LogP contribution < -0.4 is 4.74 Å². The minimum Gasteiger partial charge on any atom is -0.496 e. The molecule has 0 atom stereocenters. The average molecular weight is 406 g/mol. The van der Waals surface area contributed by atoms with Gasteiger partial charge in [-0.2, -0.15) is 13.2 Å². The highest BCUT2D eigenvalue weighted by Crippen LogP contribution is 2.37. The van der Waals surface area contributed by atoms with Crippen molar-refractivity contribution in [2.45, 2.75) is 17.2 Å². The summed E-state index contributed by atoms with van der Waals surface area (Å²) in [6.07, 6.45) is -2.90. The van der Waals surface area contributed by atoms with Crippen molar-refractivity contribution in [3.63, 3.8) is 0 Å². The molecular weight excluding hydrogens is 393 g/mol. The van der Waals surface area contributed by atoms with Gasteiger partial charge in [-0.25, -0.2) is 0 Å². The molecule has 0 unspecified atom stereocenters. The maximum Gasteiger partial charge on any atom is 0.419 e. The van der Waals surface area contributed by atoms with Gasteiger partial charge in [0.1, 0.15) is 11.3 Å². The molecule has 5 nitrogen and oxygen atoms in total. The first kappa shape index (κ1) is 18.4. The Morgan fingerprint density at radius 3 is 2.71 bits per heavy atom. The highest BCUT2D eigenvalue weighted by molar-refractivity contribution is 7.98. The van der Waals surface area contributed by atoms with Crippen LogP contribution in [0.25, 0.3) is 22.4 Å². The molecule has 0 N–H and O–H groups in total. The Morgan fingerprint density at radius 1 is 1.07 bits per heavy atom. The second kappa shape index (κ2) is 7.23. The zero-order valence-corrected chi connectivity index (χ0v) is 15.3. The molecule has 0 saturated heterocycles. The number of hydrogen-bond acceptors (Lipinski definition) is 6.